The van der Waals surface area contributed by atoms with Crippen LogP contribution in [0.3, 0.4) is 0 Å². The van der Waals surface area contributed by atoms with Gasteiger partial charge in [-0.2, -0.15) is 0 Å². The molecule has 1 aromatic rings. The second-order valence-corrected chi connectivity index (χ2v) is 6.20. The van der Waals surface area contributed by atoms with E-state index in [4.69, 9.17) is 16.3 Å². The van der Waals surface area contributed by atoms with Crippen LogP contribution in [0.4, 0.5) is 4.79 Å². The number of carbonyl (C=O) groups is 2. The van der Waals surface area contributed by atoms with E-state index in [1.165, 1.54) is 0 Å². The highest BCUT2D eigenvalue weighted by atomic mass is 35.5. The highest BCUT2D eigenvalue weighted by Crippen LogP contribution is 2.24. The van der Waals surface area contributed by atoms with Crippen LogP contribution in [0, 0.1) is 0 Å². The Bertz CT molecular complexity index is 523. The predicted octanol–water partition coefficient (Wildman–Crippen LogP) is 2.31. The van der Waals surface area contributed by atoms with Crippen LogP contribution >= 0.6 is 23.4 Å². The summed E-state index contributed by atoms with van der Waals surface area (Å²) >= 11 is 7.02. The van der Waals surface area contributed by atoms with Crippen molar-refractivity contribution in [1.82, 2.24) is 10.2 Å². The third-order valence-electron chi connectivity index (χ3n) is 3.37. The Balaban J connectivity index is 2.14. The van der Waals surface area contributed by atoms with Crippen LogP contribution in [0.2, 0.25) is 5.02 Å². The van der Waals surface area contributed by atoms with Gasteiger partial charge < -0.3 is 15.0 Å². The molecule has 5 nitrogen and oxygen atoms in total. The van der Waals surface area contributed by atoms with Gasteiger partial charge in [-0.1, -0.05) is 35.5 Å². The first kappa shape index (κ1) is 16.1. The van der Waals surface area contributed by atoms with Crippen molar-refractivity contribution in [3.05, 3.63) is 34.9 Å². The monoisotopic (exact) mass is 328 g/mol. The van der Waals surface area contributed by atoms with Gasteiger partial charge in [-0.25, -0.2) is 0 Å². The predicted molar refractivity (Wildman–Crippen MR) is 83.6 cm³/mol. The highest BCUT2D eigenvalue weighted by Gasteiger charge is 2.33. The molecule has 21 heavy (non-hydrogen) atoms. The number of nitrogens with one attached hydrogen (secondary N) is 1. The smallest absolute Gasteiger partial charge is 0.279 e. The molecule has 2 atom stereocenters. The molecule has 0 spiro atoms. The van der Waals surface area contributed by atoms with Crippen molar-refractivity contribution in [2.24, 2.45) is 0 Å². The Morgan fingerprint density at radius 3 is 2.71 bits per heavy atom. The summed E-state index contributed by atoms with van der Waals surface area (Å²) in [5.41, 5.74) is 0.939. The number of rotatable bonds is 5. The van der Waals surface area contributed by atoms with Crippen molar-refractivity contribution in [2.45, 2.75) is 12.1 Å². The molecule has 1 aliphatic rings. The number of hydrogen-bond acceptors (Lipinski definition) is 4. The first-order valence-corrected chi connectivity index (χ1v) is 7.83. The van der Waals surface area contributed by atoms with Gasteiger partial charge in [0.15, 0.2) is 0 Å². The van der Waals surface area contributed by atoms with Gasteiger partial charge in [-0.05, 0) is 17.7 Å². The number of amides is 2. The van der Waals surface area contributed by atoms with Crippen LogP contribution in [0.5, 0.6) is 0 Å². The average Bonchev–Trinajstić information content (AvgIpc) is 2.91. The molecule has 0 aromatic heterocycles. The van der Waals surface area contributed by atoms with Crippen molar-refractivity contribution in [1.29, 1.82) is 0 Å². The van der Waals surface area contributed by atoms with Crippen LogP contribution < -0.4 is 5.32 Å². The lowest BCUT2D eigenvalue weighted by Crippen LogP contribution is -2.46. The summed E-state index contributed by atoms with van der Waals surface area (Å²) in [6.45, 7) is 0.373. The molecule has 1 N–H and O–H groups in total. The number of benzene rings is 1. The molecule has 1 heterocycles. The second kappa shape index (κ2) is 7.15. The van der Waals surface area contributed by atoms with Crippen molar-refractivity contribution in [2.75, 3.05) is 26.5 Å². The fourth-order valence-electron chi connectivity index (χ4n) is 2.19. The molecule has 1 aliphatic heterocycles. The number of carbonyl (C=O) groups excluding carboxylic acids is 2. The number of halogens is 1. The van der Waals surface area contributed by atoms with E-state index in [9.17, 15) is 9.59 Å². The molecule has 7 heteroatoms. The van der Waals surface area contributed by atoms with Gasteiger partial charge in [0.05, 0.1) is 12.6 Å². The second-order valence-electron chi connectivity index (χ2n) is 4.77. The SMILES string of the molecule is COC[C@H](c1ccc(Cl)cc1)N(C)C(=O)[C@H]1CSC(=O)N1. The molecule has 0 aliphatic carbocycles. The van der Waals surface area contributed by atoms with E-state index in [2.05, 4.69) is 5.32 Å². The minimum absolute atomic E-state index is 0.120. The summed E-state index contributed by atoms with van der Waals surface area (Å²) in [5, 5.41) is 3.15. The number of methoxy groups -OCH3 is 1. The first-order chi connectivity index (χ1) is 10.0. The molecule has 114 valence electrons. The van der Waals surface area contributed by atoms with Crippen molar-refractivity contribution in [3.8, 4) is 0 Å². The van der Waals surface area contributed by atoms with Crippen LogP contribution in [0.15, 0.2) is 24.3 Å². The van der Waals surface area contributed by atoms with E-state index in [0.717, 1.165) is 17.3 Å². The third-order valence-corrected chi connectivity index (χ3v) is 4.50. The number of nitrogens with zero attached hydrogens (tertiary/aromatic N) is 1. The molecule has 0 saturated carbocycles. The summed E-state index contributed by atoms with van der Waals surface area (Å²) < 4.78 is 5.22. The van der Waals surface area contributed by atoms with Gasteiger partial charge in [0.1, 0.15) is 6.04 Å². The minimum atomic E-state index is -0.473. The van der Waals surface area contributed by atoms with E-state index in [0.29, 0.717) is 17.4 Å². The maximum absolute atomic E-state index is 12.5. The fraction of sp³-hybridized carbons (Fsp3) is 0.429. The third kappa shape index (κ3) is 3.90. The van der Waals surface area contributed by atoms with Gasteiger partial charge >= 0.3 is 0 Å². The first-order valence-electron chi connectivity index (χ1n) is 6.47. The van der Waals surface area contributed by atoms with Gasteiger partial charge in [0.25, 0.3) is 5.24 Å². The standard InChI is InChI=1S/C14H17ClN2O3S/c1-17(13(18)11-8-21-14(19)16-11)12(7-20-2)9-3-5-10(15)6-4-9/h3-6,11-12H,7-8H2,1-2H3,(H,16,19)/t11-,12-/m1/s1. The lowest BCUT2D eigenvalue weighted by Gasteiger charge is -2.30. The summed E-state index contributed by atoms with van der Waals surface area (Å²) in [7, 11) is 3.31. The zero-order valence-corrected chi connectivity index (χ0v) is 13.4. The van der Waals surface area contributed by atoms with E-state index in [-0.39, 0.29) is 17.2 Å². The largest absolute Gasteiger partial charge is 0.382 e. The maximum atomic E-state index is 12.5. The number of hydrogen-bond donors (Lipinski definition) is 1. The molecule has 1 aromatic carbocycles. The zero-order valence-electron chi connectivity index (χ0n) is 11.8. The minimum Gasteiger partial charge on any atom is -0.382 e. The molecule has 2 rings (SSSR count). The van der Waals surface area contributed by atoms with Crippen LogP contribution in [0.25, 0.3) is 0 Å². The van der Waals surface area contributed by atoms with Crippen LogP contribution in [0.1, 0.15) is 11.6 Å². The summed E-state index contributed by atoms with van der Waals surface area (Å²) in [6, 6.07) is 6.62. The topological polar surface area (TPSA) is 58.6 Å². The Morgan fingerprint density at radius 2 is 2.19 bits per heavy atom. The molecular formula is C14H17ClN2O3S. The van der Waals surface area contributed by atoms with Gasteiger partial charge in [0, 0.05) is 24.9 Å². The Hall–Kier alpha value is -1.24. The van der Waals surface area contributed by atoms with Gasteiger partial charge in [-0.15, -0.1) is 0 Å². The fourth-order valence-corrected chi connectivity index (χ4v) is 3.09. The van der Waals surface area contributed by atoms with Crippen LogP contribution in [-0.2, 0) is 9.53 Å². The number of likely N-dealkylation sites (N-methyl/N-ethyl adjacent to an activating group) is 1. The summed E-state index contributed by atoms with van der Waals surface area (Å²) in [6.07, 6.45) is 0. The van der Waals surface area contributed by atoms with E-state index in [1.807, 2.05) is 12.1 Å². The Morgan fingerprint density at radius 1 is 1.52 bits per heavy atom. The Kier molecular flexibility index (Phi) is 5.50. The zero-order chi connectivity index (χ0) is 15.4. The van der Waals surface area contributed by atoms with E-state index >= 15 is 0 Å². The van der Waals surface area contributed by atoms with E-state index < -0.39 is 6.04 Å². The van der Waals surface area contributed by atoms with E-state index in [1.54, 1.807) is 31.2 Å². The highest BCUT2D eigenvalue weighted by molar-refractivity contribution is 8.14. The lowest BCUT2D eigenvalue weighted by molar-refractivity contribution is -0.134. The van der Waals surface area contributed by atoms with Crippen molar-refractivity contribution >= 4 is 34.5 Å². The Labute approximate surface area is 133 Å². The molecule has 1 fully saturated rings. The normalized spacial score (nSPS) is 19.2. The van der Waals surface area contributed by atoms with Crippen molar-refractivity contribution in [3.63, 3.8) is 0 Å². The van der Waals surface area contributed by atoms with Crippen LogP contribution in [-0.4, -0.2) is 48.6 Å². The quantitative estimate of drug-likeness (QED) is 0.901. The lowest BCUT2D eigenvalue weighted by atomic mass is 10.1. The average molecular weight is 329 g/mol. The molecule has 1 saturated heterocycles. The molecule has 0 radical (unpaired) electrons. The number of ether oxygens (including phenoxy) is 1. The molecular weight excluding hydrogens is 312 g/mol. The number of thioether (sulfide) groups is 1. The van der Waals surface area contributed by atoms with Gasteiger partial charge in [0.2, 0.25) is 5.91 Å². The molecule has 2 amide bonds. The van der Waals surface area contributed by atoms with Gasteiger partial charge in [-0.3, -0.25) is 9.59 Å². The summed E-state index contributed by atoms with van der Waals surface area (Å²) in [5.74, 6) is 0.341. The maximum Gasteiger partial charge on any atom is 0.279 e. The molecule has 0 bridgehead atoms. The summed E-state index contributed by atoms with van der Waals surface area (Å²) in [4.78, 5) is 25.3. The van der Waals surface area contributed by atoms with Crippen molar-refractivity contribution < 1.29 is 14.3 Å². The molecule has 0 unspecified atom stereocenters.